The van der Waals surface area contributed by atoms with E-state index in [4.69, 9.17) is 4.42 Å². The quantitative estimate of drug-likeness (QED) is 0.428. The van der Waals surface area contributed by atoms with Crippen molar-refractivity contribution in [3.8, 4) is 17.1 Å². The van der Waals surface area contributed by atoms with E-state index in [1.807, 2.05) is 71.6 Å². The Morgan fingerprint density at radius 3 is 2.22 bits per heavy atom. The monoisotopic (exact) mass is 425 g/mol. The van der Waals surface area contributed by atoms with E-state index in [0.717, 1.165) is 11.3 Å². The molecule has 1 saturated heterocycles. The van der Waals surface area contributed by atoms with Crippen LogP contribution in [0.3, 0.4) is 0 Å². The molecule has 160 valence electrons. The van der Waals surface area contributed by atoms with Gasteiger partial charge in [0.15, 0.2) is 11.5 Å². The van der Waals surface area contributed by atoms with Gasteiger partial charge in [0.25, 0.3) is 5.91 Å². The van der Waals surface area contributed by atoms with Crippen molar-refractivity contribution in [2.24, 2.45) is 5.92 Å². The third kappa shape index (κ3) is 3.87. The number of likely N-dealkylation sites (tertiary alicyclic amines) is 1. The summed E-state index contributed by atoms with van der Waals surface area (Å²) in [5, 5.41) is 4.64. The van der Waals surface area contributed by atoms with Gasteiger partial charge >= 0.3 is 0 Å². The topological polar surface area (TPSA) is 68.3 Å². The van der Waals surface area contributed by atoms with Crippen molar-refractivity contribution in [2.45, 2.75) is 12.8 Å². The Hall–Kier alpha value is -3.93. The van der Waals surface area contributed by atoms with Crippen LogP contribution in [0.25, 0.3) is 17.1 Å². The Balaban J connectivity index is 1.37. The molecule has 0 aliphatic carbocycles. The highest BCUT2D eigenvalue weighted by atomic mass is 16.3. The molecule has 1 aliphatic heterocycles. The second-order valence-electron chi connectivity index (χ2n) is 7.94. The fourth-order valence-corrected chi connectivity index (χ4v) is 4.19. The van der Waals surface area contributed by atoms with Gasteiger partial charge in [0.1, 0.15) is 11.4 Å². The Morgan fingerprint density at radius 1 is 0.875 bits per heavy atom. The smallest absolute Gasteiger partial charge is 0.272 e. The summed E-state index contributed by atoms with van der Waals surface area (Å²) in [5.74, 6) is 0.622. The Kier molecular flexibility index (Phi) is 5.42. The molecule has 0 unspecified atom stereocenters. The van der Waals surface area contributed by atoms with Gasteiger partial charge in [0.2, 0.25) is 0 Å². The summed E-state index contributed by atoms with van der Waals surface area (Å²) in [4.78, 5) is 28.1. The van der Waals surface area contributed by atoms with Crippen LogP contribution in [0.15, 0.2) is 89.5 Å². The number of carbonyl (C=O) groups excluding carboxylic acids is 2. The van der Waals surface area contributed by atoms with E-state index in [-0.39, 0.29) is 17.6 Å². The lowest BCUT2D eigenvalue weighted by Crippen LogP contribution is -2.41. The van der Waals surface area contributed by atoms with Crippen LogP contribution in [-0.4, -0.2) is 39.5 Å². The standard InChI is InChI=1S/C26H23N3O3/c30-25(19-8-3-1-4-9-19)20-13-15-28(16-14-20)26(31)23-18-22(24-12-7-17-32-24)27-29(23)21-10-5-2-6-11-21/h1-12,17-18,20H,13-16H2. The summed E-state index contributed by atoms with van der Waals surface area (Å²) >= 11 is 0. The lowest BCUT2D eigenvalue weighted by atomic mass is 9.89. The van der Waals surface area contributed by atoms with Crippen molar-refractivity contribution in [1.29, 1.82) is 0 Å². The number of amides is 1. The minimum absolute atomic E-state index is 0.0563. The van der Waals surface area contributed by atoms with Gasteiger partial charge < -0.3 is 9.32 Å². The number of hydrogen-bond acceptors (Lipinski definition) is 4. The Morgan fingerprint density at radius 2 is 1.56 bits per heavy atom. The van der Waals surface area contributed by atoms with E-state index in [0.29, 0.717) is 43.1 Å². The minimum atomic E-state index is -0.0928. The SMILES string of the molecule is O=C(c1ccccc1)C1CCN(C(=O)c2cc(-c3ccco3)nn2-c2ccccc2)CC1. The number of carbonyl (C=O) groups is 2. The van der Waals surface area contributed by atoms with Crippen molar-refractivity contribution < 1.29 is 14.0 Å². The molecule has 6 heteroatoms. The zero-order valence-corrected chi connectivity index (χ0v) is 17.6. The molecule has 32 heavy (non-hydrogen) atoms. The molecule has 0 saturated carbocycles. The van der Waals surface area contributed by atoms with E-state index >= 15 is 0 Å². The van der Waals surface area contributed by atoms with Gasteiger partial charge in [0.05, 0.1) is 12.0 Å². The van der Waals surface area contributed by atoms with Crippen molar-refractivity contribution >= 4 is 11.7 Å². The number of ketones is 1. The number of benzene rings is 2. The van der Waals surface area contributed by atoms with Gasteiger partial charge in [-0.3, -0.25) is 9.59 Å². The van der Waals surface area contributed by atoms with E-state index in [2.05, 4.69) is 5.10 Å². The highest BCUT2D eigenvalue weighted by Crippen LogP contribution is 2.26. The molecule has 4 aromatic rings. The Bertz CT molecular complexity index is 1210. The average Bonchev–Trinajstić information content (AvgIpc) is 3.55. The van der Waals surface area contributed by atoms with Crippen molar-refractivity contribution in [2.75, 3.05) is 13.1 Å². The van der Waals surface area contributed by atoms with E-state index < -0.39 is 0 Å². The van der Waals surface area contributed by atoms with Crippen LogP contribution in [-0.2, 0) is 0 Å². The molecule has 1 amide bonds. The first kappa shape index (κ1) is 20.0. The van der Waals surface area contributed by atoms with Crippen molar-refractivity contribution in [3.63, 3.8) is 0 Å². The molecule has 2 aromatic carbocycles. The number of furan rings is 1. The van der Waals surface area contributed by atoms with E-state index in [1.165, 1.54) is 0 Å². The van der Waals surface area contributed by atoms with Gasteiger partial charge in [-0.15, -0.1) is 0 Å². The summed E-state index contributed by atoms with van der Waals surface area (Å²) in [6.45, 7) is 1.08. The maximum atomic E-state index is 13.5. The van der Waals surface area contributed by atoms with Gasteiger partial charge in [-0.25, -0.2) is 4.68 Å². The van der Waals surface area contributed by atoms with Gasteiger partial charge in [-0.2, -0.15) is 5.10 Å². The number of Topliss-reactive ketones (excluding diaryl/α,β-unsaturated/α-hetero) is 1. The summed E-state index contributed by atoms with van der Waals surface area (Å²) in [6.07, 6.45) is 2.90. The van der Waals surface area contributed by atoms with Gasteiger partial charge in [-0.1, -0.05) is 48.5 Å². The molecule has 0 spiro atoms. The number of aromatic nitrogens is 2. The number of hydrogen-bond donors (Lipinski definition) is 0. The molecular formula is C26H23N3O3. The molecule has 6 nitrogen and oxygen atoms in total. The molecular weight excluding hydrogens is 402 g/mol. The van der Waals surface area contributed by atoms with Gasteiger partial charge in [0, 0.05) is 30.6 Å². The first-order chi connectivity index (χ1) is 15.7. The lowest BCUT2D eigenvalue weighted by molar-refractivity contribution is 0.0643. The van der Waals surface area contributed by atoms with Crippen LogP contribution in [0.4, 0.5) is 0 Å². The molecule has 5 rings (SSSR count). The molecule has 2 aromatic heterocycles. The van der Waals surface area contributed by atoms with Crippen LogP contribution < -0.4 is 0 Å². The summed E-state index contributed by atoms with van der Waals surface area (Å²) < 4.78 is 7.16. The zero-order valence-electron chi connectivity index (χ0n) is 17.6. The largest absolute Gasteiger partial charge is 0.463 e. The van der Waals surface area contributed by atoms with Crippen LogP contribution >= 0.6 is 0 Å². The highest BCUT2D eigenvalue weighted by molar-refractivity contribution is 5.98. The average molecular weight is 425 g/mol. The third-order valence-corrected chi connectivity index (χ3v) is 5.91. The van der Waals surface area contributed by atoms with Crippen LogP contribution in [0.5, 0.6) is 0 Å². The maximum Gasteiger partial charge on any atom is 0.272 e. The number of piperidine rings is 1. The van der Waals surface area contributed by atoms with Crippen LogP contribution in [0.1, 0.15) is 33.7 Å². The first-order valence-electron chi connectivity index (χ1n) is 10.8. The maximum absolute atomic E-state index is 13.5. The number of para-hydroxylation sites is 1. The number of rotatable bonds is 5. The fourth-order valence-electron chi connectivity index (χ4n) is 4.19. The second-order valence-corrected chi connectivity index (χ2v) is 7.94. The first-order valence-corrected chi connectivity index (χ1v) is 10.8. The molecule has 0 radical (unpaired) electrons. The predicted octanol–water partition coefficient (Wildman–Crippen LogP) is 4.87. The molecule has 1 fully saturated rings. The van der Waals surface area contributed by atoms with Crippen molar-refractivity contribution in [1.82, 2.24) is 14.7 Å². The minimum Gasteiger partial charge on any atom is -0.463 e. The van der Waals surface area contributed by atoms with E-state index in [9.17, 15) is 9.59 Å². The second kappa shape index (κ2) is 8.67. The third-order valence-electron chi connectivity index (χ3n) is 5.91. The normalized spacial score (nSPS) is 14.4. The Labute approximate surface area is 186 Å². The molecule has 0 atom stereocenters. The van der Waals surface area contributed by atoms with Crippen LogP contribution in [0, 0.1) is 5.92 Å². The molecule has 1 aliphatic rings. The highest BCUT2D eigenvalue weighted by Gasteiger charge is 2.30. The fraction of sp³-hybridized carbons (Fsp3) is 0.192. The van der Waals surface area contributed by atoms with Gasteiger partial charge in [-0.05, 0) is 37.1 Å². The summed E-state index contributed by atoms with van der Waals surface area (Å²) in [7, 11) is 0. The number of nitrogens with zero attached hydrogens (tertiary/aromatic N) is 3. The zero-order chi connectivity index (χ0) is 21.9. The lowest BCUT2D eigenvalue weighted by Gasteiger charge is -2.31. The summed E-state index contributed by atoms with van der Waals surface area (Å²) in [6, 6.07) is 24.4. The van der Waals surface area contributed by atoms with Crippen LogP contribution in [0.2, 0.25) is 0 Å². The van der Waals surface area contributed by atoms with E-state index in [1.54, 1.807) is 23.1 Å². The molecule has 0 N–H and O–H groups in total. The molecule has 3 heterocycles. The summed E-state index contributed by atoms with van der Waals surface area (Å²) in [5.41, 5.74) is 2.64. The molecule has 0 bridgehead atoms. The van der Waals surface area contributed by atoms with Crippen molar-refractivity contribution in [3.05, 3.63) is 96.4 Å². The predicted molar refractivity (Wildman–Crippen MR) is 121 cm³/mol.